The highest BCUT2D eigenvalue weighted by molar-refractivity contribution is 6.07. The predicted octanol–water partition coefficient (Wildman–Crippen LogP) is 2.52. The Hall–Kier alpha value is -2.34. The Morgan fingerprint density at radius 1 is 1.29 bits per heavy atom. The highest BCUT2D eigenvalue weighted by atomic mass is 16.5. The van der Waals surface area contributed by atoms with Crippen LogP contribution in [0, 0.1) is 5.41 Å². The van der Waals surface area contributed by atoms with Crippen molar-refractivity contribution in [1.29, 1.82) is 0 Å². The Balaban J connectivity index is 2.13. The molecule has 1 aromatic heterocycles. The van der Waals surface area contributed by atoms with Crippen LogP contribution in [0.25, 0.3) is 10.9 Å². The number of ether oxygens (including phenoxy) is 1. The van der Waals surface area contributed by atoms with Crippen molar-refractivity contribution >= 4 is 22.8 Å². The molecule has 130 valence electrons. The minimum absolute atomic E-state index is 0.191. The van der Waals surface area contributed by atoms with Crippen LogP contribution in [0.4, 0.5) is 0 Å². The van der Waals surface area contributed by atoms with Gasteiger partial charge in [-0.1, -0.05) is 18.2 Å². The smallest absolute Gasteiger partial charge is 0.309 e. The van der Waals surface area contributed by atoms with Crippen LogP contribution in [0.5, 0.6) is 0 Å². The van der Waals surface area contributed by atoms with Crippen molar-refractivity contribution in [3.8, 4) is 0 Å². The van der Waals surface area contributed by atoms with Gasteiger partial charge in [0.1, 0.15) is 0 Å². The Bertz CT molecular complexity index is 734. The topological polar surface area (TPSA) is 80.6 Å². The van der Waals surface area contributed by atoms with E-state index in [2.05, 4.69) is 5.32 Å². The fraction of sp³-hybridized carbons (Fsp3) is 0.444. The summed E-state index contributed by atoms with van der Waals surface area (Å²) in [5, 5.41) is 12.8. The molecule has 0 unspecified atom stereocenters. The summed E-state index contributed by atoms with van der Waals surface area (Å²) in [7, 11) is 1.64. The summed E-state index contributed by atoms with van der Waals surface area (Å²) in [6.45, 7) is 4.84. The van der Waals surface area contributed by atoms with E-state index in [1.807, 2.05) is 35.0 Å². The van der Waals surface area contributed by atoms with Crippen LogP contribution in [0.15, 0.2) is 30.5 Å². The van der Waals surface area contributed by atoms with E-state index in [1.54, 1.807) is 21.0 Å². The van der Waals surface area contributed by atoms with Crippen molar-refractivity contribution in [2.75, 3.05) is 20.3 Å². The lowest BCUT2D eigenvalue weighted by molar-refractivity contribution is -0.147. The van der Waals surface area contributed by atoms with Crippen molar-refractivity contribution in [2.45, 2.75) is 26.8 Å². The van der Waals surface area contributed by atoms with E-state index in [0.717, 1.165) is 10.9 Å². The van der Waals surface area contributed by atoms with E-state index in [4.69, 9.17) is 9.84 Å². The molecule has 1 heterocycles. The van der Waals surface area contributed by atoms with Gasteiger partial charge in [0, 0.05) is 37.3 Å². The maximum atomic E-state index is 12.5. The molecule has 0 atom stereocenters. The maximum Gasteiger partial charge on any atom is 0.309 e. The first-order valence-corrected chi connectivity index (χ1v) is 7.95. The van der Waals surface area contributed by atoms with E-state index >= 15 is 0 Å². The summed E-state index contributed by atoms with van der Waals surface area (Å²) in [4.78, 5) is 23.6. The number of nitrogens with one attached hydrogen (secondary N) is 1. The number of nitrogens with zero attached hydrogens (tertiary/aromatic N) is 1. The molecule has 6 nitrogen and oxygen atoms in total. The second-order valence-corrected chi connectivity index (χ2v) is 6.44. The second kappa shape index (κ2) is 7.49. The maximum absolute atomic E-state index is 12.5. The van der Waals surface area contributed by atoms with E-state index in [1.165, 1.54) is 0 Å². The number of aliphatic carboxylic acids is 1. The molecule has 2 aromatic rings. The molecule has 6 heteroatoms. The number of carbonyl (C=O) groups is 2. The number of rotatable bonds is 8. The number of hydrogen-bond donors (Lipinski definition) is 2. The Morgan fingerprint density at radius 3 is 2.67 bits per heavy atom. The molecule has 0 fully saturated rings. The van der Waals surface area contributed by atoms with E-state index in [9.17, 15) is 9.59 Å². The molecule has 24 heavy (non-hydrogen) atoms. The summed E-state index contributed by atoms with van der Waals surface area (Å²) in [5.41, 5.74) is 0.708. The fourth-order valence-electron chi connectivity index (χ4n) is 2.49. The van der Waals surface area contributed by atoms with Crippen molar-refractivity contribution in [3.05, 3.63) is 36.0 Å². The van der Waals surface area contributed by atoms with Gasteiger partial charge in [0.25, 0.3) is 5.91 Å². The van der Waals surface area contributed by atoms with Crippen LogP contribution in [0.3, 0.4) is 0 Å². The van der Waals surface area contributed by atoms with Crippen molar-refractivity contribution in [2.24, 2.45) is 5.41 Å². The minimum Gasteiger partial charge on any atom is -0.481 e. The van der Waals surface area contributed by atoms with E-state index < -0.39 is 11.4 Å². The summed E-state index contributed by atoms with van der Waals surface area (Å²) < 4.78 is 7.11. The SMILES string of the molecule is COCCn1cc(C(=O)NCCC(C)(C)C(=O)O)c2ccccc21. The number of carboxylic acids is 1. The van der Waals surface area contributed by atoms with Crippen LogP contribution in [0.2, 0.25) is 0 Å². The molecule has 1 amide bonds. The van der Waals surface area contributed by atoms with Gasteiger partial charge in [0.05, 0.1) is 17.6 Å². The summed E-state index contributed by atoms with van der Waals surface area (Å²) >= 11 is 0. The molecule has 0 saturated carbocycles. The van der Waals surface area contributed by atoms with Crippen LogP contribution in [-0.2, 0) is 16.1 Å². The standard InChI is InChI=1S/C18H24N2O4/c1-18(2,17(22)23)8-9-19-16(21)14-12-20(10-11-24-3)15-7-5-4-6-13(14)15/h4-7,12H,8-11H2,1-3H3,(H,19,21)(H,22,23). The zero-order valence-electron chi connectivity index (χ0n) is 14.3. The molecular formula is C18H24N2O4. The fourth-order valence-corrected chi connectivity index (χ4v) is 2.49. The van der Waals surface area contributed by atoms with Gasteiger partial charge >= 0.3 is 5.97 Å². The Kier molecular flexibility index (Phi) is 5.62. The molecule has 1 aromatic carbocycles. The lowest BCUT2D eigenvalue weighted by Crippen LogP contribution is -2.31. The number of amides is 1. The quantitative estimate of drug-likeness (QED) is 0.778. The minimum atomic E-state index is -0.868. The Labute approximate surface area is 141 Å². The summed E-state index contributed by atoms with van der Waals surface area (Å²) in [6, 6.07) is 7.71. The van der Waals surface area contributed by atoms with Crippen molar-refractivity contribution < 1.29 is 19.4 Å². The lowest BCUT2D eigenvalue weighted by Gasteiger charge is -2.18. The largest absolute Gasteiger partial charge is 0.481 e. The summed E-state index contributed by atoms with van der Waals surface area (Å²) in [5.74, 6) is -1.06. The lowest BCUT2D eigenvalue weighted by atomic mass is 9.90. The third kappa shape index (κ3) is 3.94. The zero-order chi connectivity index (χ0) is 17.7. The molecule has 2 N–H and O–H groups in total. The van der Waals surface area contributed by atoms with Gasteiger partial charge in [-0.15, -0.1) is 0 Å². The molecule has 0 aliphatic rings. The Morgan fingerprint density at radius 2 is 2.00 bits per heavy atom. The highest BCUT2D eigenvalue weighted by Crippen LogP contribution is 2.22. The number of para-hydroxylation sites is 1. The van der Waals surface area contributed by atoms with Crippen LogP contribution < -0.4 is 5.32 Å². The molecule has 0 radical (unpaired) electrons. The normalized spacial score (nSPS) is 11.6. The second-order valence-electron chi connectivity index (χ2n) is 6.44. The molecule has 0 saturated heterocycles. The molecule has 0 aliphatic carbocycles. The number of carboxylic acid groups (broad SMARTS) is 1. The average Bonchev–Trinajstić information content (AvgIpc) is 2.91. The number of aromatic nitrogens is 1. The predicted molar refractivity (Wildman–Crippen MR) is 92.2 cm³/mol. The van der Waals surface area contributed by atoms with Gasteiger partial charge in [-0.2, -0.15) is 0 Å². The van der Waals surface area contributed by atoms with Crippen LogP contribution in [-0.4, -0.2) is 41.8 Å². The molecule has 0 bridgehead atoms. The van der Waals surface area contributed by atoms with Crippen molar-refractivity contribution in [1.82, 2.24) is 9.88 Å². The average molecular weight is 332 g/mol. The number of methoxy groups -OCH3 is 1. The van der Waals surface area contributed by atoms with Gasteiger partial charge in [-0.3, -0.25) is 9.59 Å². The van der Waals surface area contributed by atoms with E-state index in [0.29, 0.717) is 31.7 Å². The number of hydrogen-bond acceptors (Lipinski definition) is 3. The zero-order valence-corrected chi connectivity index (χ0v) is 14.3. The molecule has 0 aliphatic heterocycles. The first-order valence-electron chi connectivity index (χ1n) is 7.95. The molecule has 0 spiro atoms. The first-order chi connectivity index (χ1) is 11.4. The third-order valence-electron chi connectivity index (χ3n) is 4.18. The summed E-state index contributed by atoms with van der Waals surface area (Å²) in [6.07, 6.45) is 2.19. The van der Waals surface area contributed by atoms with Gasteiger partial charge in [0.15, 0.2) is 0 Å². The highest BCUT2D eigenvalue weighted by Gasteiger charge is 2.26. The van der Waals surface area contributed by atoms with Gasteiger partial charge in [0.2, 0.25) is 0 Å². The van der Waals surface area contributed by atoms with Crippen LogP contribution >= 0.6 is 0 Å². The molecule has 2 rings (SSSR count). The first kappa shape index (κ1) is 18.0. The number of benzene rings is 1. The van der Waals surface area contributed by atoms with Gasteiger partial charge in [-0.25, -0.2) is 0 Å². The number of carbonyl (C=O) groups excluding carboxylic acids is 1. The van der Waals surface area contributed by atoms with Gasteiger partial charge < -0.3 is 19.7 Å². The number of fused-ring (bicyclic) bond motifs is 1. The van der Waals surface area contributed by atoms with Gasteiger partial charge in [-0.05, 0) is 26.3 Å². The molecular weight excluding hydrogens is 308 g/mol. The van der Waals surface area contributed by atoms with Crippen molar-refractivity contribution in [3.63, 3.8) is 0 Å². The van der Waals surface area contributed by atoms with E-state index in [-0.39, 0.29) is 5.91 Å². The van der Waals surface area contributed by atoms with Crippen LogP contribution in [0.1, 0.15) is 30.6 Å². The monoisotopic (exact) mass is 332 g/mol. The third-order valence-corrected chi connectivity index (χ3v) is 4.18.